The fourth-order valence-corrected chi connectivity index (χ4v) is 0.929. The highest BCUT2D eigenvalue weighted by atomic mass is 19.2. The van der Waals surface area contributed by atoms with Crippen molar-refractivity contribution in [3.05, 3.63) is 34.4 Å². The van der Waals surface area contributed by atoms with Gasteiger partial charge in [0.15, 0.2) is 23.3 Å². The summed E-state index contributed by atoms with van der Waals surface area (Å²) in [4.78, 5) is 18.6. The van der Waals surface area contributed by atoms with Crippen molar-refractivity contribution >= 4 is 12.4 Å². The van der Waals surface area contributed by atoms with E-state index in [1.54, 1.807) is 0 Å². The van der Waals surface area contributed by atoms with E-state index < -0.39 is 40.4 Å². The van der Waals surface area contributed by atoms with Crippen molar-refractivity contribution in [3.63, 3.8) is 0 Å². The van der Waals surface area contributed by atoms with Crippen LogP contribution in [0.1, 0.15) is 15.9 Å². The van der Waals surface area contributed by atoms with Crippen LogP contribution >= 0.6 is 0 Å². The van der Waals surface area contributed by atoms with Crippen molar-refractivity contribution < 1.29 is 37.4 Å². The summed E-state index contributed by atoms with van der Waals surface area (Å²) in [6.07, 6.45) is 0. The van der Waals surface area contributed by atoms with E-state index in [0.717, 1.165) is 6.92 Å². The molecular formula is C9H6F4O4. The average Bonchev–Trinajstić information content (AvgIpc) is 2.24. The average molecular weight is 254 g/mol. The van der Waals surface area contributed by atoms with E-state index in [1.165, 1.54) is 0 Å². The molecule has 2 N–H and O–H groups in total. The van der Waals surface area contributed by atoms with Crippen LogP contribution in [0.4, 0.5) is 17.6 Å². The second-order valence-electron chi connectivity index (χ2n) is 2.67. The topological polar surface area (TPSA) is 74.6 Å². The molecule has 0 fully saturated rings. The van der Waals surface area contributed by atoms with Crippen molar-refractivity contribution in [2.75, 3.05) is 0 Å². The van der Waals surface area contributed by atoms with Crippen LogP contribution < -0.4 is 0 Å². The maximum atomic E-state index is 12.8. The van der Waals surface area contributed by atoms with Crippen molar-refractivity contribution in [3.8, 4) is 0 Å². The van der Waals surface area contributed by atoms with E-state index in [9.17, 15) is 22.4 Å². The molecule has 0 unspecified atom stereocenters. The third-order valence-electron chi connectivity index (χ3n) is 1.70. The molecule has 0 aliphatic rings. The maximum Gasteiger partial charge on any atom is 0.341 e. The van der Waals surface area contributed by atoms with E-state index in [4.69, 9.17) is 15.0 Å². The first-order valence-corrected chi connectivity index (χ1v) is 3.93. The zero-order valence-corrected chi connectivity index (χ0v) is 8.30. The smallest absolute Gasteiger partial charge is 0.341 e. The summed E-state index contributed by atoms with van der Waals surface area (Å²) in [6, 6.07) is 0. The van der Waals surface area contributed by atoms with Gasteiger partial charge in [0, 0.05) is 5.56 Å². The van der Waals surface area contributed by atoms with Crippen molar-refractivity contribution in [2.45, 2.75) is 6.92 Å². The van der Waals surface area contributed by atoms with Crippen LogP contribution in [0, 0.1) is 30.2 Å². The molecule has 0 saturated carbocycles. The number of rotatable bonds is 1. The third-order valence-corrected chi connectivity index (χ3v) is 1.70. The van der Waals surface area contributed by atoms with Crippen LogP contribution in [0.5, 0.6) is 0 Å². The van der Waals surface area contributed by atoms with E-state index in [-0.39, 0.29) is 6.47 Å². The molecule has 0 aliphatic carbocycles. The predicted octanol–water partition coefficient (Wildman–Crippen LogP) is 1.95. The van der Waals surface area contributed by atoms with Crippen LogP contribution in [0.25, 0.3) is 0 Å². The van der Waals surface area contributed by atoms with E-state index in [1.807, 2.05) is 0 Å². The Morgan fingerprint density at radius 3 is 1.59 bits per heavy atom. The highest BCUT2D eigenvalue weighted by molar-refractivity contribution is 5.88. The molecule has 0 amide bonds. The quantitative estimate of drug-likeness (QED) is 0.456. The SMILES string of the molecule is Cc1c(F)c(F)c(C(=O)O)c(F)c1F.O=CO. The van der Waals surface area contributed by atoms with E-state index in [2.05, 4.69) is 0 Å². The number of aromatic carboxylic acids is 1. The Hall–Kier alpha value is -2.12. The molecule has 0 aromatic heterocycles. The number of hydrogen-bond donors (Lipinski definition) is 2. The molecule has 0 bridgehead atoms. The molecular weight excluding hydrogens is 248 g/mol. The Morgan fingerprint density at radius 1 is 1.06 bits per heavy atom. The van der Waals surface area contributed by atoms with Gasteiger partial charge in [-0.3, -0.25) is 4.79 Å². The summed E-state index contributed by atoms with van der Waals surface area (Å²) in [5, 5.41) is 15.2. The molecule has 1 aromatic carbocycles. The molecule has 1 rings (SSSR count). The maximum absolute atomic E-state index is 12.8. The molecule has 17 heavy (non-hydrogen) atoms. The number of benzene rings is 1. The standard InChI is InChI=1S/C8H4F4O2.CH2O2/c1-2-4(9)6(11)3(8(13)14)7(12)5(2)10;2-1-3/h1H3,(H,13,14);1H,(H,2,3). The molecule has 0 heterocycles. The van der Waals surface area contributed by atoms with Gasteiger partial charge in [0.2, 0.25) is 0 Å². The summed E-state index contributed by atoms with van der Waals surface area (Å²) < 4.78 is 51.1. The summed E-state index contributed by atoms with van der Waals surface area (Å²) in [5.41, 5.74) is -2.50. The fourth-order valence-electron chi connectivity index (χ4n) is 0.929. The highest BCUT2D eigenvalue weighted by Gasteiger charge is 2.27. The minimum absolute atomic E-state index is 0.250. The number of halogens is 4. The number of carbonyl (C=O) groups is 2. The zero-order valence-electron chi connectivity index (χ0n) is 8.30. The van der Waals surface area contributed by atoms with Crippen LogP contribution in [-0.2, 0) is 4.79 Å². The van der Waals surface area contributed by atoms with Crippen LogP contribution in [0.3, 0.4) is 0 Å². The van der Waals surface area contributed by atoms with Gasteiger partial charge in [0.1, 0.15) is 5.56 Å². The van der Waals surface area contributed by atoms with Gasteiger partial charge in [0.25, 0.3) is 6.47 Å². The second-order valence-corrected chi connectivity index (χ2v) is 2.67. The van der Waals surface area contributed by atoms with Gasteiger partial charge >= 0.3 is 5.97 Å². The Morgan fingerprint density at radius 2 is 1.35 bits per heavy atom. The molecule has 4 nitrogen and oxygen atoms in total. The second kappa shape index (κ2) is 5.83. The third kappa shape index (κ3) is 2.92. The van der Waals surface area contributed by atoms with Crippen LogP contribution in [-0.4, -0.2) is 22.7 Å². The lowest BCUT2D eigenvalue weighted by molar-refractivity contribution is -0.122. The van der Waals surface area contributed by atoms with Gasteiger partial charge in [0.05, 0.1) is 0 Å². The summed E-state index contributed by atoms with van der Waals surface area (Å²) in [5.74, 6) is -9.23. The number of carboxylic acid groups (broad SMARTS) is 2. The molecule has 0 radical (unpaired) electrons. The highest BCUT2D eigenvalue weighted by Crippen LogP contribution is 2.23. The summed E-state index contributed by atoms with van der Waals surface area (Å²) in [6.45, 7) is 0.558. The normalized spacial score (nSPS) is 9.24. The summed E-state index contributed by atoms with van der Waals surface area (Å²) in [7, 11) is 0. The monoisotopic (exact) mass is 254 g/mol. The number of hydrogen-bond acceptors (Lipinski definition) is 2. The first-order valence-electron chi connectivity index (χ1n) is 3.93. The van der Waals surface area contributed by atoms with Crippen molar-refractivity contribution in [1.82, 2.24) is 0 Å². The van der Waals surface area contributed by atoms with Crippen molar-refractivity contribution in [1.29, 1.82) is 0 Å². The first-order chi connectivity index (χ1) is 7.79. The molecule has 0 saturated heterocycles. The van der Waals surface area contributed by atoms with Gasteiger partial charge in [-0.2, -0.15) is 0 Å². The van der Waals surface area contributed by atoms with Crippen molar-refractivity contribution in [2.24, 2.45) is 0 Å². The van der Waals surface area contributed by atoms with E-state index >= 15 is 0 Å². The van der Waals surface area contributed by atoms with Gasteiger partial charge in [-0.05, 0) is 6.92 Å². The Bertz CT molecular complexity index is 430. The molecule has 0 atom stereocenters. The summed E-state index contributed by atoms with van der Waals surface area (Å²) >= 11 is 0. The zero-order chi connectivity index (χ0) is 13.7. The van der Waals surface area contributed by atoms with Gasteiger partial charge in [-0.25, -0.2) is 22.4 Å². The van der Waals surface area contributed by atoms with Gasteiger partial charge in [-0.1, -0.05) is 0 Å². The molecule has 0 aliphatic heterocycles. The largest absolute Gasteiger partial charge is 0.483 e. The molecule has 94 valence electrons. The van der Waals surface area contributed by atoms with E-state index in [0.29, 0.717) is 0 Å². The molecule has 1 aromatic rings. The minimum Gasteiger partial charge on any atom is -0.483 e. The van der Waals surface area contributed by atoms with Crippen LogP contribution in [0.15, 0.2) is 0 Å². The molecule has 0 spiro atoms. The van der Waals surface area contributed by atoms with Crippen LogP contribution in [0.2, 0.25) is 0 Å². The lowest BCUT2D eigenvalue weighted by Crippen LogP contribution is -2.11. The van der Waals surface area contributed by atoms with Gasteiger partial charge in [-0.15, -0.1) is 0 Å². The number of carboxylic acids is 1. The Balaban J connectivity index is 0.000000770. The fraction of sp³-hybridized carbons (Fsp3) is 0.111. The lowest BCUT2D eigenvalue weighted by Gasteiger charge is -2.05. The molecule has 8 heteroatoms. The Labute approximate surface area is 92.1 Å². The first kappa shape index (κ1) is 14.9. The Kier molecular flexibility index (Phi) is 5.10. The lowest BCUT2D eigenvalue weighted by atomic mass is 10.1. The predicted molar refractivity (Wildman–Crippen MR) is 46.7 cm³/mol. The minimum atomic E-state index is -2.06. The van der Waals surface area contributed by atoms with Gasteiger partial charge < -0.3 is 10.2 Å².